The number of fused-ring (bicyclic) bond motifs is 1. The van der Waals surface area contributed by atoms with Crippen molar-refractivity contribution in [3.05, 3.63) is 71.8 Å². The maximum Gasteiger partial charge on any atom is 0.123 e. The van der Waals surface area contributed by atoms with Crippen LogP contribution in [0.4, 0.5) is 0 Å². The van der Waals surface area contributed by atoms with Crippen molar-refractivity contribution in [2.24, 2.45) is 11.8 Å². The van der Waals surface area contributed by atoms with Crippen molar-refractivity contribution in [2.45, 2.75) is 57.5 Å². The van der Waals surface area contributed by atoms with Crippen molar-refractivity contribution in [1.82, 2.24) is 0 Å². The van der Waals surface area contributed by atoms with Gasteiger partial charge in [0.1, 0.15) is 12.4 Å². The molecule has 4 rings (SSSR count). The Kier molecular flexibility index (Phi) is 5.43. The molecule has 3 unspecified atom stereocenters. The van der Waals surface area contributed by atoms with Gasteiger partial charge in [-0.15, -0.1) is 0 Å². The maximum atomic E-state index is 6.35. The monoisotopic (exact) mass is 346 g/mol. The van der Waals surface area contributed by atoms with Crippen molar-refractivity contribution in [3.63, 3.8) is 0 Å². The summed E-state index contributed by atoms with van der Waals surface area (Å²) in [4.78, 5) is 0. The molecule has 0 aromatic heterocycles. The summed E-state index contributed by atoms with van der Waals surface area (Å²) in [6, 6.07) is 17.1. The lowest BCUT2D eigenvalue weighted by molar-refractivity contribution is 0.142. The van der Waals surface area contributed by atoms with Gasteiger partial charge >= 0.3 is 0 Å². The lowest BCUT2D eigenvalue weighted by Crippen LogP contribution is -2.29. The van der Waals surface area contributed by atoms with Gasteiger partial charge < -0.3 is 4.74 Å². The van der Waals surface area contributed by atoms with E-state index in [2.05, 4.69) is 55.1 Å². The summed E-state index contributed by atoms with van der Waals surface area (Å²) in [5, 5.41) is 0. The van der Waals surface area contributed by atoms with Crippen molar-refractivity contribution in [2.75, 3.05) is 0 Å². The Labute approximate surface area is 158 Å². The molecule has 0 radical (unpaired) electrons. The normalized spacial score (nSPS) is 25.3. The Morgan fingerprint density at radius 1 is 0.885 bits per heavy atom. The SMILES string of the molecule is C=Cc1ccccc1COc1ccccc1C1CCCC2CCCCC21. The van der Waals surface area contributed by atoms with E-state index in [4.69, 9.17) is 4.74 Å². The third-order valence-electron chi connectivity index (χ3n) is 6.55. The first-order valence-corrected chi connectivity index (χ1v) is 10.3. The van der Waals surface area contributed by atoms with E-state index in [-0.39, 0.29) is 0 Å². The van der Waals surface area contributed by atoms with Crippen LogP contribution < -0.4 is 4.74 Å². The van der Waals surface area contributed by atoms with Gasteiger partial charge in [0.25, 0.3) is 0 Å². The van der Waals surface area contributed by atoms with Crippen LogP contribution in [0, 0.1) is 11.8 Å². The molecule has 3 atom stereocenters. The van der Waals surface area contributed by atoms with Crippen LogP contribution in [0.5, 0.6) is 5.75 Å². The summed E-state index contributed by atoms with van der Waals surface area (Å²) in [5.41, 5.74) is 3.81. The second-order valence-electron chi connectivity index (χ2n) is 7.98. The average molecular weight is 347 g/mol. The second kappa shape index (κ2) is 8.12. The minimum atomic E-state index is 0.611. The van der Waals surface area contributed by atoms with Gasteiger partial charge in [0.05, 0.1) is 0 Å². The molecule has 0 heterocycles. The second-order valence-corrected chi connectivity index (χ2v) is 7.98. The van der Waals surface area contributed by atoms with Crippen LogP contribution in [-0.4, -0.2) is 0 Å². The van der Waals surface area contributed by atoms with Crippen molar-refractivity contribution in [1.29, 1.82) is 0 Å². The standard InChI is InChI=1S/C25H30O/c1-2-19-10-3-4-12-21(19)18-26-25-17-8-7-15-24(25)23-16-9-13-20-11-5-6-14-22(20)23/h2-4,7-8,10,12,15,17,20,22-23H,1,5-6,9,11,13-14,16,18H2. The van der Waals surface area contributed by atoms with Crippen LogP contribution in [0.2, 0.25) is 0 Å². The van der Waals surface area contributed by atoms with Crippen molar-refractivity contribution in [3.8, 4) is 5.75 Å². The van der Waals surface area contributed by atoms with E-state index in [0.717, 1.165) is 23.1 Å². The number of hydrogen-bond donors (Lipinski definition) is 0. The lowest BCUT2D eigenvalue weighted by Gasteiger charge is -2.42. The molecule has 0 bridgehead atoms. The fraction of sp³-hybridized carbons (Fsp3) is 0.440. The zero-order valence-corrected chi connectivity index (χ0v) is 15.7. The highest BCUT2D eigenvalue weighted by Crippen LogP contribution is 2.49. The molecule has 0 spiro atoms. The predicted octanol–water partition coefficient (Wildman–Crippen LogP) is 6.98. The molecule has 0 aliphatic heterocycles. The van der Waals surface area contributed by atoms with Gasteiger partial charge in [-0.05, 0) is 53.4 Å². The molecular weight excluding hydrogens is 316 g/mol. The highest BCUT2D eigenvalue weighted by molar-refractivity contribution is 5.51. The van der Waals surface area contributed by atoms with E-state index < -0.39 is 0 Å². The number of hydrogen-bond acceptors (Lipinski definition) is 1. The lowest BCUT2D eigenvalue weighted by atomic mass is 9.63. The maximum absolute atomic E-state index is 6.35. The third kappa shape index (κ3) is 3.58. The van der Waals surface area contributed by atoms with Crippen LogP contribution in [0.1, 0.15) is 67.6 Å². The smallest absolute Gasteiger partial charge is 0.123 e. The summed E-state index contributed by atoms with van der Waals surface area (Å²) < 4.78 is 6.35. The summed E-state index contributed by atoms with van der Waals surface area (Å²) in [6.45, 7) is 4.54. The van der Waals surface area contributed by atoms with Crippen LogP contribution in [-0.2, 0) is 6.61 Å². The van der Waals surface area contributed by atoms with Gasteiger partial charge in [-0.2, -0.15) is 0 Å². The van der Waals surface area contributed by atoms with Crippen LogP contribution in [0.25, 0.3) is 6.08 Å². The zero-order valence-electron chi connectivity index (χ0n) is 15.7. The van der Waals surface area contributed by atoms with Crippen LogP contribution in [0.3, 0.4) is 0 Å². The predicted molar refractivity (Wildman–Crippen MR) is 109 cm³/mol. The molecular formula is C25H30O. The molecule has 1 nitrogen and oxygen atoms in total. The summed E-state index contributed by atoms with van der Waals surface area (Å²) >= 11 is 0. The molecule has 26 heavy (non-hydrogen) atoms. The van der Waals surface area contributed by atoms with E-state index in [1.54, 1.807) is 0 Å². The fourth-order valence-corrected chi connectivity index (χ4v) is 5.26. The summed E-state index contributed by atoms with van der Waals surface area (Å²) in [5.74, 6) is 3.57. The number of rotatable bonds is 5. The third-order valence-corrected chi connectivity index (χ3v) is 6.55. The van der Waals surface area contributed by atoms with E-state index in [1.165, 1.54) is 56.1 Å². The fourth-order valence-electron chi connectivity index (χ4n) is 5.26. The van der Waals surface area contributed by atoms with E-state index >= 15 is 0 Å². The average Bonchev–Trinajstić information content (AvgIpc) is 2.72. The molecule has 0 amide bonds. The minimum absolute atomic E-state index is 0.611. The summed E-state index contributed by atoms with van der Waals surface area (Å²) in [7, 11) is 0. The first-order chi connectivity index (χ1) is 12.9. The van der Waals surface area contributed by atoms with E-state index in [9.17, 15) is 0 Å². The highest BCUT2D eigenvalue weighted by Gasteiger charge is 2.36. The molecule has 2 aliphatic carbocycles. The van der Waals surface area contributed by atoms with Crippen LogP contribution in [0.15, 0.2) is 55.1 Å². The molecule has 2 aromatic carbocycles. The highest BCUT2D eigenvalue weighted by atomic mass is 16.5. The Hall–Kier alpha value is -2.02. The molecule has 2 fully saturated rings. The molecule has 2 aliphatic rings. The molecule has 1 heteroatoms. The van der Waals surface area contributed by atoms with Gasteiger partial charge in [-0.1, -0.05) is 87.2 Å². The largest absolute Gasteiger partial charge is 0.489 e. The number of benzene rings is 2. The minimum Gasteiger partial charge on any atom is -0.489 e. The van der Waals surface area contributed by atoms with E-state index in [0.29, 0.717) is 12.5 Å². The Balaban J connectivity index is 1.55. The molecule has 0 N–H and O–H groups in total. The number of para-hydroxylation sites is 1. The Morgan fingerprint density at radius 2 is 1.65 bits per heavy atom. The molecule has 2 saturated carbocycles. The molecule has 136 valence electrons. The Morgan fingerprint density at radius 3 is 2.58 bits per heavy atom. The summed E-state index contributed by atoms with van der Waals surface area (Å²) in [6.07, 6.45) is 11.7. The van der Waals surface area contributed by atoms with Crippen molar-refractivity contribution >= 4 is 6.08 Å². The van der Waals surface area contributed by atoms with Crippen molar-refractivity contribution < 1.29 is 4.74 Å². The topological polar surface area (TPSA) is 9.23 Å². The molecule has 0 saturated heterocycles. The quantitative estimate of drug-likeness (QED) is 0.567. The number of ether oxygens (including phenoxy) is 1. The zero-order chi connectivity index (χ0) is 17.8. The molecule has 2 aromatic rings. The van der Waals surface area contributed by atoms with Gasteiger partial charge in [0.2, 0.25) is 0 Å². The van der Waals surface area contributed by atoms with Gasteiger partial charge in [0.15, 0.2) is 0 Å². The Bertz CT molecular complexity index is 745. The first kappa shape index (κ1) is 17.4. The van der Waals surface area contributed by atoms with Gasteiger partial charge in [-0.25, -0.2) is 0 Å². The van der Waals surface area contributed by atoms with Gasteiger partial charge in [0, 0.05) is 0 Å². The van der Waals surface area contributed by atoms with E-state index in [1.807, 2.05) is 6.08 Å². The van der Waals surface area contributed by atoms with Crippen LogP contribution >= 0.6 is 0 Å². The van der Waals surface area contributed by atoms with Gasteiger partial charge in [-0.3, -0.25) is 0 Å². The first-order valence-electron chi connectivity index (χ1n) is 10.3.